The molecule has 0 saturated heterocycles. The zero-order chi connectivity index (χ0) is 19.3. The van der Waals surface area contributed by atoms with Crippen LogP contribution in [-0.4, -0.2) is 16.0 Å². The minimum atomic E-state index is -0.199. The Hall–Kier alpha value is -3.29. The van der Waals surface area contributed by atoms with Crippen LogP contribution in [0, 0.1) is 0 Å². The maximum atomic E-state index is 12.5. The van der Waals surface area contributed by atoms with E-state index in [0.29, 0.717) is 15.8 Å². The van der Waals surface area contributed by atoms with Crippen LogP contribution in [0.25, 0.3) is 10.2 Å². The third-order valence-corrected chi connectivity index (χ3v) is 5.11. The molecule has 138 valence electrons. The monoisotopic (exact) mass is 404 g/mol. The summed E-state index contributed by atoms with van der Waals surface area (Å²) < 4.78 is 1.04. The molecule has 3 aromatic carbocycles. The normalized spacial score (nSPS) is 10.4. The van der Waals surface area contributed by atoms with Crippen molar-refractivity contribution in [3.05, 3.63) is 84.4 Å². The largest absolute Gasteiger partial charge is 0.332 e. The number of thiazole rings is 1. The summed E-state index contributed by atoms with van der Waals surface area (Å²) in [7, 11) is 0. The Labute approximate surface area is 171 Å². The van der Waals surface area contributed by atoms with Gasteiger partial charge < -0.3 is 10.6 Å². The molecule has 7 heteroatoms. The summed E-state index contributed by atoms with van der Waals surface area (Å²) in [6, 6.07) is 24.6. The van der Waals surface area contributed by atoms with E-state index >= 15 is 0 Å². The summed E-state index contributed by atoms with van der Waals surface area (Å²) in [5.74, 6) is -0.199. The van der Waals surface area contributed by atoms with Crippen LogP contribution in [-0.2, 0) is 0 Å². The molecule has 1 aromatic heterocycles. The molecule has 0 saturated carbocycles. The predicted molar refractivity (Wildman–Crippen MR) is 120 cm³/mol. The molecule has 0 radical (unpaired) electrons. The number of carbonyl (C=O) groups excluding carboxylic acids is 1. The van der Waals surface area contributed by atoms with Gasteiger partial charge in [0.15, 0.2) is 10.2 Å². The van der Waals surface area contributed by atoms with E-state index in [0.717, 1.165) is 21.6 Å². The summed E-state index contributed by atoms with van der Waals surface area (Å²) in [5, 5.41) is 10.1. The number of hydrogen-bond donors (Lipinski definition) is 3. The first kappa shape index (κ1) is 18.1. The van der Waals surface area contributed by atoms with Crippen LogP contribution in [0.15, 0.2) is 78.9 Å². The molecule has 28 heavy (non-hydrogen) atoms. The average molecular weight is 405 g/mol. The number of thiocarbonyl (C=S) groups is 1. The van der Waals surface area contributed by atoms with E-state index in [4.69, 9.17) is 12.2 Å². The first-order chi connectivity index (χ1) is 13.7. The van der Waals surface area contributed by atoms with Crippen LogP contribution < -0.4 is 16.0 Å². The zero-order valence-corrected chi connectivity index (χ0v) is 16.3. The molecule has 0 bridgehead atoms. The van der Waals surface area contributed by atoms with Crippen molar-refractivity contribution in [2.24, 2.45) is 0 Å². The minimum absolute atomic E-state index is 0.199. The lowest BCUT2D eigenvalue weighted by atomic mass is 10.2. The van der Waals surface area contributed by atoms with E-state index in [1.165, 1.54) is 11.3 Å². The van der Waals surface area contributed by atoms with Gasteiger partial charge in [-0.1, -0.05) is 41.7 Å². The number of carbonyl (C=O) groups is 1. The van der Waals surface area contributed by atoms with Crippen LogP contribution >= 0.6 is 23.6 Å². The molecule has 0 atom stereocenters. The highest BCUT2D eigenvalue weighted by molar-refractivity contribution is 7.80. The van der Waals surface area contributed by atoms with Crippen LogP contribution in [0.3, 0.4) is 0 Å². The smallest absolute Gasteiger partial charge is 0.257 e. The fourth-order valence-corrected chi connectivity index (χ4v) is 3.71. The third kappa shape index (κ3) is 4.33. The number of fused-ring (bicyclic) bond motifs is 1. The molecule has 0 aliphatic heterocycles. The van der Waals surface area contributed by atoms with Gasteiger partial charge in [0.2, 0.25) is 0 Å². The van der Waals surface area contributed by atoms with Crippen molar-refractivity contribution < 1.29 is 4.79 Å². The van der Waals surface area contributed by atoms with Crippen molar-refractivity contribution in [2.45, 2.75) is 0 Å². The van der Waals surface area contributed by atoms with Crippen LogP contribution in [0.2, 0.25) is 0 Å². The highest BCUT2D eigenvalue weighted by Gasteiger charge is 2.10. The first-order valence-electron chi connectivity index (χ1n) is 8.57. The van der Waals surface area contributed by atoms with Crippen molar-refractivity contribution in [1.29, 1.82) is 0 Å². The molecule has 0 aliphatic rings. The number of benzene rings is 3. The van der Waals surface area contributed by atoms with Crippen molar-refractivity contribution >= 4 is 61.3 Å². The Kier molecular flexibility index (Phi) is 5.27. The molecular formula is C21H16N4OS2. The number of rotatable bonds is 4. The number of hydrogen-bond acceptors (Lipinski definition) is 4. The van der Waals surface area contributed by atoms with Gasteiger partial charge >= 0.3 is 0 Å². The van der Waals surface area contributed by atoms with E-state index in [-0.39, 0.29) is 5.91 Å². The topological polar surface area (TPSA) is 66.0 Å². The van der Waals surface area contributed by atoms with Gasteiger partial charge in [0.25, 0.3) is 5.91 Å². The predicted octanol–water partition coefficient (Wildman–Crippen LogP) is 5.36. The Bertz CT molecular complexity index is 1090. The second-order valence-electron chi connectivity index (χ2n) is 5.96. The number of nitrogens with zero attached hydrogens (tertiary/aromatic N) is 1. The summed E-state index contributed by atoms with van der Waals surface area (Å²) in [4.78, 5) is 16.9. The fraction of sp³-hybridized carbons (Fsp3) is 0. The van der Waals surface area contributed by atoms with E-state index in [9.17, 15) is 4.79 Å². The molecule has 3 N–H and O–H groups in total. The maximum absolute atomic E-state index is 12.5. The zero-order valence-electron chi connectivity index (χ0n) is 14.7. The Morgan fingerprint density at radius 2 is 1.43 bits per heavy atom. The Morgan fingerprint density at radius 3 is 2.14 bits per heavy atom. The second kappa shape index (κ2) is 8.16. The standard InChI is InChI=1S/C21H16N4OS2/c26-19(25-21-24-17-8-4-5-9-18(17)28-21)14-10-12-16(13-11-14)23-20(27)22-15-6-2-1-3-7-15/h1-13H,(H2,22,23,27)(H,24,25,26). The number of nitrogens with one attached hydrogen (secondary N) is 3. The average Bonchev–Trinajstić information content (AvgIpc) is 3.11. The third-order valence-electron chi connectivity index (χ3n) is 3.95. The molecule has 1 heterocycles. The minimum Gasteiger partial charge on any atom is -0.332 e. The van der Waals surface area contributed by atoms with Gasteiger partial charge in [0, 0.05) is 16.9 Å². The van der Waals surface area contributed by atoms with Crippen molar-refractivity contribution in [1.82, 2.24) is 4.98 Å². The highest BCUT2D eigenvalue weighted by atomic mass is 32.1. The lowest BCUT2D eigenvalue weighted by molar-refractivity contribution is 0.102. The van der Waals surface area contributed by atoms with Crippen LogP contribution in [0.1, 0.15) is 10.4 Å². The van der Waals surface area contributed by atoms with Gasteiger partial charge in [-0.3, -0.25) is 10.1 Å². The van der Waals surface area contributed by atoms with Gasteiger partial charge in [-0.2, -0.15) is 0 Å². The number of amides is 1. The van der Waals surface area contributed by atoms with Crippen LogP contribution in [0.4, 0.5) is 16.5 Å². The molecule has 0 unspecified atom stereocenters. The van der Waals surface area contributed by atoms with E-state index in [1.54, 1.807) is 12.1 Å². The Morgan fingerprint density at radius 1 is 0.786 bits per heavy atom. The lowest BCUT2D eigenvalue weighted by Crippen LogP contribution is -2.19. The van der Waals surface area contributed by atoms with E-state index < -0.39 is 0 Å². The molecule has 0 spiro atoms. The molecule has 0 aliphatic carbocycles. The highest BCUT2D eigenvalue weighted by Crippen LogP contribution is 2.25. The van der Waals surface area contributed by atoms with Gasteiger partial charge in [-0.15, -0.1) is 0 Å². The van der Waals surface area contributed by atoms with Gasteiger partial charge in [0.1, 0.15) is 0 Å². The molecule has 1 amide bonds. The summed E-state index contributed by atoms with van der Waals surface area (Å²) >= 11 is 6.76. The lowest BCUT2D eigenvalue weighted by Gasteiger charge is -2.11. The molecular weight excluding hydrogens is 388 g/mol. The first-order valence-corrected chi connectivity index (χ1v) is 9.80. The summed E-state index contributed by atoms with van der Waals surface area (Å²) in [5.41, 5.74) is 3.13. The van der Waals surface area contributed by atoms with Crippen molar-refractivity contribution in [3.8, 4) is 0 Å². The fourth-order valence-electron chi connectivity index (χ4n) is 2.61. The molecule has 5 nitrogen and oxygen atoms in total. The quantitative estimate of drug-likeness (QED) is 0.400. The number of para-hydroxylation sites is 2. The molecule has 0 fully saturated rings. The SMILES string of the molecule is O=C(Nc1nc2ccccc2s1)c1ccc(NC(=S)Nc2ccccc2)cc1. The molecule has 4 aromatic rings. The van der Waals surface area contributed by atoms with Crippen molar-refractivity contribution in [2.75, 3.05) is 16.0 Å². The molecule has 4 rings (SSSR count). The number of anilines is 3. The summed E-state index contributed by atoms with van der Waals surface area (Å²) in [6.45, 7) is 0. The van der Waals surface area contributed by atoms with Crippen LogP contribution in [0.5, 0.6) is 0 Å². The Balaban J connectivity index is 1.38. The van der Waals surface area contributed by atoms with Gasteiger partial charge in [-0.05, 0) is 60.7 Å². The maximum Gasteiger partial charge on any atom is 0.257 e. The van der Waals surface area contributed by atoms with Gasteiger partial charge in [0.05, 0.1) is 10.2 Å². The summed E-state index contributed by atoms with van der Waals surface area (Å²) in [6.07, 6.45) is 0. The van der Waals surface area contributed by atoms with E-state index in [1.807, 2.05) is 66.7 Å². The van der Waals surface area contributed by atoms with Gasteiger partial charge in [-0.25, -0.2) is 4.98 Å². The van der Waals surface area contributed by atoms with E-state index in [2.05, 4.69) is 20.9 Å². The second-order valence-corrected chi connectivity index (χ2v) is 7.40. The number of aromatic nitrogens is 1. The van der Waals surface area contributed by atoms with Crippen molar-refractivity contribution in [3.63, 3.8) is 0 Å².